The van der Waals surface area contributed by atoms with Crippen LogP contribution < -0.4 is 10.2 Å². The maximum Gasteiger partial charge on any atom is 0.223 e. The first-order valence-corrected chi connectivity index (χ1v) is 12.0. The number of para-hydroxylation sites is 2. The number of rotatable bonds is 7. The standard InChI is InChI=1S/C25H33N5O2/c31-24(26-19-21-7-6-18-32-21)20-10-14-29(15-11-20)25-27-22-8-2-3-9-23(22)30(25)17-16-28-12-4-1-5-13-28/h2-3,6-9,18,20H,1,4-5,10-17,19H2,(H,26,31). The third kappa shape index (κ3) is 4.67. The second-order valence-corrected chi connectivity index (χ2v) is 9.01. The van der Waals surface area contributed by atoms with Crippen LogP contribution in [0.1, 0.15) is 37.9 Å². The van der Waals surface area contributed by atoms with E-state index in [0.29, 0.717) is 6.54 Å². The highest BCUT2D eigenvalue weighted by molar-refractivity contribution is 5.80. The number of amides is 1. The summed E-state index contributed by atoms with van der Waals surface area (Å²) in [6.45, 7) is 6.61. The van der Waals surface area contributed by atoms with Crippen LogP contribution in [0.4, 0.5) is 5.95 Å². The second kappa shape index (κ2) is 9.77. The van der Waals surface area contributed by atoms with Gasteiger partial charge in [-0.15, -0.1) is 0 Å². The number of benzene rings is 1. The molecule has 0 saturated carbocycles. The van der Waals surface area contributed by atoms with E-state index in [1.54, 1.807) is 6.26 Å². The van der Waals surface area contributed by atoms with Gasteiger partial charge in [0.05, 0.1) is 23.8 Å². The summed E-state index contributed by atoms with van der Waals surface area (Å²) in [5, 5.41) is 3.02. The van der Waals surface area contributed by atoms with Gasteiger partial charge in [-0.1, -0.05) is 18.6 Å². The SMILES string of the molecule is O=C(NCc1ccco1)C1CCN(c2nc3ccccc3n2CCN2CCCCC2)CC1. The summed E-state index contributed by atoms with van der Waals surface area (Å²) >= 11 is 0. The van der Waals surface area contributed by atoms with Crippen LogP contribution in [0.2, 0.25) is 0 Å². The minimum atomic E-state index is 0.0485. The molecule has 1 amide bonds. The van der Waals surface area contributed by atoms with Crippen molar-refractivity contribution in [3.05, 3.63) is 48.4 Å². The lowest BCUT2D eigenvalue weighted by Crippen LogP contribution is -2.41. The normalized spacial score (nSPS) is 18.3. The van der Waals surface area contributed by atoms with Crippen molar-refractivity contribution < 1.29 is 9.21 Å². The molecule has 1 N–H and O–H groups in total. The number of aromatic nitrogens is 2. The Balaban J connectivity index is 1.24. The Kier molecular flexibility index (Phi) is 6.44. The first kappa shape index (κ1) is 21.1. The highest BCUT2D eigenvalue weighted by Gasteiger charge is 2.28. The molecule has 0 bridgehead atoms. The third-order valence-corrected chi connectivity index (χ3v) is 6.89. The Morgan fingerprint density at radius 3 is 2.59 bits per heavy atom. The van der Waals surface area contributed by atoms with Crippen molar-refractivity contribution in [3.8, 4) is 0 Å². The fourth-order valence-corrected chi connectivity index (χ4v) is 5.02. The number of carbonyl (C=O) groups is 1. The molecular formula is C25H33N5O2. The zero-order valence-electron chi connectivity index (χ0n) is 18.7. The first-order chi connectivity index (χ1) is 15.8. The van der Waals surface area contributed by atoms with Crippen LogP contribution in [-0.2, 0) is 17.9 Å². The topological polar surface area (TPSA) is 66.5 Å². The van der Waals surface area contributed by atoms with Gasteiger partial charge >= 0.3 is 0 Å². The number of anilines is 1. The molecule has 0 aliphatic carbocycles. The second-order valence-electron chi connectivity index (χ2n) is 9.01. The third-order valence-electron chi connectivity index (χ3n) is 6.89. The lowest BCUT2D eigenvalue weighted by atomic mass is 9.96. The van der Waals surface area contributed by atoms with Gasteiger partial charge < -0.3 is 24.1 Å². The highest BCUT2D eigenvalue weighted by atomic mass is 16.3. The zero-order chi connectivity index (χ0) is 21.8. The summed E-state index contributed by atoms with van der Waals surface area (Å²) in [6.07, 6.45) is 7.32. The molecule has 4 heterocycles. The largest absolute Gasteiger partial charge is 0.467 e. The van der Waals surface area contributed by atoms with Crippen LogP contribution in [0.5, 0.6) is 0 Å². The molecule has 0 spiro atoms. The van der Waals surface area contributed by atoms with E-state index in [1.807, 2.05) is 12.1 Å². The Labute approximate surface area is 189 Å². The monoisotopic (exact) mass is 435 g/mol. The molecule has 2 fully saturated rings. The van der Waals surface area contributed by atoms with Gasteiger partial charge in [-0.05, 0) is 63.0 Å². The van der Waals surface area contributed by atoms with Crippen LogP contribution in [-0.4, -0.2) is 53.1 Å². The summed E-state index contributed by atoms with van der Waals surface area (Å²) in [5.74, 6) is 2.02. The van der Waals surface area contributed by atoms with E-state index < -0.39 is 0 Å². The van der Waals surface area contributed by atoms with Gasteiger partial charge in [0.1, 0.15) is 5.76 Å². The smallest absolute Gasteiger partial charge is 0.223 e. The van der Waals surface area contributed by atoms with E-state index in [0.717, 1.165) is 56.2 Å². The van der Waals surface area contributed by atoms with Crippen LogP contribution in [0.25, 0.3) is 11.0 Å². The molecule has 32 heavy (non-hydrogen) atoms. The molecule has 2 aliphatic heterocycles. The summed E-state index contributed by atoms with van der Waals surface area (Å²) < 4.78 is 7.71. The molecule has 7 nitrogen and oxygen atoms in total. The number of piperidine rings is 2. The van der Waals surface area contributed by atoms with E-state index >= 15 is 0 Å². The number of fused-ring (bicyclic) bond motifs is 1. The van der Waals surface area contributed by atoms with Gasteiger partial charge in [0.2, 0.25) is 11.9 Å². The Bertz CT molecular complexity index is 1010. The maximum absolute atomic E-state index is 12.6. The number of furan rings is 1. The van der Waals surface area contributed by atoms with Gasteiger partial charge in [0.15, 0.2) is 0 Å². The molecule has 0 radical (unpaired) electrons. The van der Waals surface area contributed by atoms with Gasteiger partial charge in [-0.3, -0.25) is 4.79 Å². The summed E-state index contributed by atoms with van der Waals surface area (Å²) in [5.41, 5.74) is 2.26. The van der Waals surface area contributed by atoms with Crippen molar-refractivity contribution in [2.45, 2.75) is 45.2 Å². The molecule has 2 aliphatic rings. The summed E-state index contributed by atoms with van der Waals surface area (Å²) in [4.78, 5) is 22.6. The van der Waals surface area contributed by atoms with Crippen molar-refractivity contribution in [3.63, 3.8) is 0 Å². The van der Waals surface area contributed by atoms with Crippen molar-refractivity contribution in [1.29, 1.82) is 0 Å². The lowest BCUT2D eigenvalue weighted by molar-refractivity contribution is -0.125. The van der Waals surface area contributed by atoms with Crippen LogP contribution in [0.15, 0.2) is 47.1 Å². The minimum absolute atomic E-state index is 0.0485. The molecular weight excluding hydrogens is 402 g/mol. The van der Waals surface area contributed by atoms with Crippen molar-refractivity contribution >= 4 is 22.9 Å². The number of carbonyl (C=O) groups excluding carboxylic acids is 1. The molecule has 5 rings (SSSR count). The van der Waals surface area contributed by atoms with Crippen molar-refractivity contribution in [1.82, 2.24) is 19.8 Å². The quantitative estimate of drug-likeness (QED) is 0.614. The highest BCUT2D eigenvalue weighted by Crippen LogP contribution is 2.27. The Morgan fingerprint density at radius 1 is 1.00 bits per heavy atom. The molecule has 2 aromatic heterocycles. The predicted molar refractivity (Wildman–Crippen MR) is 126 cm³/mol. The number of nitrogens with zero attached hydrogens (tertiary/aromatic N) is 4. The van der Waals surface area contributed by atoms with E-state index in [-0.39, 0.29) is 11.8 Å². The van der Waals surface area contributed by atoms with E-state index in [9.17, 15) is 4.79 Å². The lowest BCUT2D eigenvalue weighted by Gasteiger charge is -2.33. The van der Waals surface area contributed by atoms with Gasteiger partial charge in [0.25, 0.3) is 0 Å². The average Bonchev–Trinajstić information content (AvgIpc) is 3.50. The number of imidazole rings is 1. The van der Waals surface area contributed by atoms with Gasteiger partial charge in [-0.2, -0.15) is 0 Å². The molecule has 0 unspecified atom stereocenters. The first-order valence-electron chi connectivity index (χ1n) is 12.0. The van der Waals surface area contributed by atoms with Crippen molar-refractivity contribution in [2.75, 3.05) is 37.6 Å². The predicted octanol–water partition coefficient (Wildman–Crippen LogP) is 3.65. The Morgan fingerprint density at radius 2 is 1.81 bits per heavy atom. The molecule has 2 saturated heterocycles. The summed E-state index contributed by atoms with van der Waals surface area (Å²) in [7, 11) is 0. The maximum atomic E-state index is 12.6. The molecule has 170 valence electrons. The molecule has 0 atom stereocenters. The molecule has 7 heteroatoms. The minimum Gasteiger partial charge on any atom is -0.467 e. The van der Waals surface area contributed by atoms with Crippen LogP contribution >= 0.6 is 0 Å². The van der Waals surface area contributed by atoms with Crippen LogP contribution in [0, 0.1) is 5.92 Å². The van der Waals surface area contributed by atoms with E-state index in [2.05, 4.69) is 43.9 Å². The van der Waals surface area contributed by atoms with E-state index in [1.165, 1.54) is 37.9 Å². The molecule has 1 aromatic carbocycles. The zero-order valence-corrected chi connectivity index (χ0v) is 18.7. The fraction of sp³-hybridized carbons (Fsp3) is 0.520. The van der Waals surface area contributed by atoms with Crippen LogP contribution in [0.3, 0.4) is 0 Å². The van der Waals surface area contributed by atoms with Crippen molar-refractivity contribution in [2.24, 2.45) is 5.92 Å². The summed E-state index contributed by atoms with van der Waals surface area (Å²) in [6, 6.07) is 12.2. The number of likely N-dealkylation sites (tertiary alicyclic amines) is 1. The number of hydrogen-bond acceptors (Lipinski definition) is 5. The van der Waals surface area contributed by atoms with E-state index in [4.69, 9.17) is 9.40 Å². The number of nitrogens with one attached hydrogen (secondary N) is 1. The number of hydrogen-bond donors (Lipinski definition) is 1. The molecule has 3 aromatic rings. The van der Waals surface area contributed by atoms with Gasteiger partial charge in [-0.25, -0.2) is 4.98 Å². The fourth-order valence-electron chi connectivity index (χ4n) is 5.02. The average molecular weight is 436 g/mol. The Hall–Kier alpha value is -2.80. The van der Waals surface area contributed by atoms with Gasteiger partial charge in [0, 0.05) is 32.1 Å².